The summed E-state index contributed by atoms with van der Waals surface area (Å²) in [5.74, 6) is 0. The Bertz CT molecular complexity index is 563. The second kappa shape index (κ2) is 11.3. The first kappa shape index (κ1) is 31.6. The zero-order valence-electron chi connectivity index (χ0n) is 22.1. The number of aliphatic hydroxyl groups excluding tert-OH is 6. The maximum absolute atomic E-state index is 9.03. The summed E-state index contributed by atoms with van der Waals surface area (Å²) in [6, 6.07) is 0. The van der Waals surface area contributed by atoms with Gasteiger partial charge in [0.25, 0.3) is 0 Å². The van der Waals surface area contributed by atoms with Crippen molar-refractivity contribution in [3.8, 4) is 0 Å². The van der Waals surface area contributed by atoms with Crippen molar-refractivity contribution in [3.63, 3.8) is 0 Å². The highest BCUT2D eigenvalue weighted by molar-refractivity contribution is 5.13. The van der Waals surface area contributed by atoms with Gasteiger partial charge in [0.2, 0.25) is 0 Å². The molecule has 0 spiro atoms. The molecular formula is C24H48O10. The first-order chi connectivity index (χ1) is 15.5. The molecule has 2 aliphatic heterocycles. The highest BCUT2D eigenvalue weighted by Gasteiger charge is 2.66. The van der Waals surface area contributed by atoms with Gasteiger partial charge in [0.1, 0.15) is 11.2 Å². The summed E-state index contributed by atoms with van der Waals surface area (Å²) in [6.07, 6.45) is 0.525. The summed E-state index contributed by atoms with van der Waals surface area (Å²) in [4.78, 5) is 0. The SMILES string of the molecule is CC1OC1(C)C(C)(C)OC(C)(C)C1(C)OC1C.OCC(CO)(CO)COCC(CO)(CO)CO. The summed E-state index contributed by atoms with van der Waals surface area (Å²) in [5.41, 5.74) is -3.31. The monoisotopic (exact) mass is 496 g/mol. The number of ether oxygens (including phenoxy) is 4. The fourth-order valence-corrected chi connectivity index (χ4v) is 3.83. The lowest BCUT2D eigenvalue weighted by Crippen LogP contribution is -2.53. The second-order valence-corrected chi connectivity index (χ2v) is 11.3. The van der Waals surface area contributed by atoms with E-state index < -0.39 is 50.5 Å². The van der Waals surface area contributed by atoms with Crippen LogP contribution in [0.3, 0.4) is 0 Å². The van der Waals surface area contributed by atoms with E-state index in [1.54, 1.807) is 0 Å². The number of aliphatic hydroxyl groups is 6. The average molecular weight is 497 g/mol. The van der Waals surface area contributed by atoms with Crippen LogP contribution in [0.2, 0.25) is 0 Å². The van der Waals surface area contributed by atoms with Crippen molar-refractivity contribution in [1.29, 1.82) is 0 Å². The molecule has 4 unspecified atom stereocenters. The molecule has 0 bridgehead atoms. The quantitative estimate of drug-likeness (QED) is 0.178. The van der Waals surface area contributed by atoms with Crippen molar-refractivity contribution in [2.45, 2.75) is 90.0 Å². The Morgan fingerprint density at radius 3 is 1.03 bits per heavy atom. The van der Waals surface area contributed by atoms with Gasteiger partial charge >= 0.3 is 0 Å². The van der Waals surface area contributed by atoms with Crippen LogP contribution in [0.1, 0.15) is 55.4 Å². The van der Waals surface area contributed by atoms with Gasteiger partial charge in [-0.1, -0.05) is 0 Å². The van der Waals surface area contributed by atoms with Gasteiger partial charge in [-0.3, -0.25) is 0 Å². The van der Waals surface area contributed by atoms with E-state index in [1.165, 1.54) is 0 Å². The Kier molecular flexibility index (Phi) is 10.5. The Hall–Kier alpha value is -0.400. The lowest BCUT2D eigenvalue weighted by Gasteiger charge is -2.41. The number of hydrogen-bond donors (Lipinski definition) is 6. The molecule has 4 atom stereocenters. The summed E-state index contributed by atoms with van der Waals surface area (Å²) in [5, 5.41) is 54.2. The number of rotatable bonds is 14. The Morgan fingerprint density at radius 2 is 0.853 bits per heavy atom. The molecule has 2 heterocycles. The largest absolute Gasteiger partial charge is 0.396 e. The topological polar surface area (TPSA) is 165 Å². The van der Waals surface area contributed by atoms with Crippen LogP contribution in [0.15, 0.2) is 0 Å². The van der Waals surface area contributed by atoms with Crippen LogP contribution in [0.4, 0.5) is 0 Å². The summed E-state index contributed by atoms with van der Waals surface area (Å²) < 4.78 is 22.9. The van der Waals surface area contributed by atoms with Crippen molar-refractivity contribution in [2.75, 3.05) is 52.9 Å². The molecule has 2 fully saturated rings. The molecule has 0 amide bonds. The highest BCUT2D eigenvalue weighted by atomic mass is 16.7. The maximum atomic E-state index is 9.03. The van der Waals surface area contributed by atoms with Crippen LogP contribution < -0.4 is 0 Å². The Labute approximate surface area is 203 Å². The molecule has 34 heavy (non-hydrogen) atoms. The van der Waals surface area contributed by atoms with Gasteiger partial charge in [0.05, 0.1) is 87.1 Å². The third-order valence-electron chi connectivity index (χ3n) is 8.01. The molecular weight excluding hydrogens is 448 g/mol. The predicted molar refractivity (Wildman–Crippen MR) is 125 cm³/mol. The van der Waals surface area contributed by atoms with Gasteiger partial charge in [-0.2, -0.15) is 0 Å². The first-order valence-corrected chi connectivity index (χ1v) is 11.8. The molecule has 0 aromatic carbocycles. The molecule has 2 saturated heterocycles. The number of hydrogen-bond acceptors (Lipinski definition) is 10. The Balaban J connectivity index is 0.000000340. The van der Waals surface area contributed by atoms with E-state index in [4.69, 9.17) is 49.6 Å². The summed E-state index contributed by atoms with van der Waals surface area (Å²) >= 11 is 0. The fraction of sp³-hybridized carbons (Fsp3) is 1.00. The lowest BCUT2D eigenvalue weighted by molar-refractivity contribution is -0.177. The van der Waals surface area contributed by atoms with E-state index in [0.717, 1.165) is 0 Å². The molecule has 0 aliphatic carbocycles. The maximum Gasteiger partial charge on any atom is 0.120 e. The van der Waals surface area contributed by atoms with E-state index in [0.29, 0.717) is 0 Å². The zero-order valence-corrected chi connectivity index (χ0v) is 22.1. The van der Waals surface area contributed by atoms with E-state index in [-0.39, 0.29) is 47.8 Å². The van der Waals surface area contributed by atoms with Crippen LogP contribution >= 0.6 is 0 Å². The molecule has 2 rings (SSSR count). The second-order valence-electron chi connectivity index (χ2n) is 11.3. The number of epoxide rings is 2. The van der Waals surface area contributed by atoms with Crippen molar-refractivity contribution in [2.24, 2.45) is 10.8 Å². The van der Waals surface area contributed by atoms with Crippen molar-refractivity contribution >= 4 is 0 Å². The van der Waals surface area contributed by atoms with E-state index in [2.05, 4.69) is 55.4 Å². The molecule has 0 radical (unpaired) electrons. The van der Waals surface area contributed by atoms with Gasteiger partial charge in [-0.15, -0.1) is 0 Å². The minimum atomic E-state index is -1.16. The predicted octanol–water partition coefficient (Wildman–Crippen LogP) is -0.155. The smallest absolute Gasteiger partial charge is 0.120 e. The molecule has 10 nitrogen and oxygen atoms in total. The van der Waals surface area contributed by atoms with Gasteiger partial charge in [-0.05, 0) is 55.4 Å². The van der Waals surface area contributed by atoms with Crippen LogP contribution in [0.25, 0.3) is 0 Å². The average Bonchev–Trinajstić information content (AvgIpc) is 3.63. The normalized spacial score (nSPS) is 29.5. The van der Waals surface area contributed by atoms with Gasteiger partial charge in [0, 0.05) is 0 Å². The molecule has 0 aromatic rings. The third kappa shape index (κ3) is 6.47. The Morgan fingerprint density at radius 1 is 0.618 bits per heavy atom. The van der Waals surface area contributed by atoms with Gasteiger partial charge in [0.15, 0.2) is 0 Å². The molecule has 6 N–H and O–H groups in total. The minimum absolute atomic E-state index is 0.141. The summed E-state index contributed by atoms with van der Waals surface area (Å²) in [6.45, 7) is 13.8. The minimum Gasteiger partial charge on any atom is -0.396 e. The van der Waals surface area contributed by atoms with Crippen molar-refractivity contribution < 1.29 is 49.6 Å². The van der Waals surface area contributed by atoms with Crippen LogP contribution in [-0.2, 0) is 18.9 Å². The standard InChI is InChI=1S/C14H26O3.C10H22O7/c1-9-13(7,15-9)11(3,4)17-12(5,6)14(8)10(2)16-14;11-1-9(2-12,3-13)7-17-8-10(4-14,5-15)6-16/h9-10H,1-8H3;11-16H,1-8H2. The van der Waals surface area contributed by atoms with Gasteiger partial charge < -0.3 is 49.6 Å². The molecule has 0 saturated carbocycles. The van der Waals surface area contributed by atoms with E-state index in [1.807, 2.05) is 0 Å². The van der Waals surface area contributed by atoms with E-state index in [9.17, 15) is 0 Å². The van der Waals surface area contributed by atoms with E-state index >= 15 is 0 Å². The zero-order chi connectivity index (χ0) is 26.6. The first-order valence-electron chi connectivity index (χ1n) is 11.8. The molecule has 10 heteroatoms. The highest BCUT2D eigenvalue weighted by Crippen LogP contribution is 2.53. The molecule has 0 aromatic heterocycles. The third-order valence-corrected chi connectivity index (χ3v) is 8.01. The molecule has 2 aliphatic rings. The van der Waals surface area contributed by atoms with Crippen molar-refractivity contribution in [1.82, 2.24) is 0 Å². The van der Waals surface area contributed by atoms with Crippen LogP contribution in [0.5, 0.6) is 0 Å². The fourth-order valence-electron chi connectivity index (χ4n) is 3.83. The van der Waals surface area contributed by atoms with Crippen LogP contribution in [-0.4, -0.2) is 118 Å². The summed E-state index contributed by atoms with van der Waals surface area (Å²) in [7, 11) is 0. The molecule has 204 valence electrons. The van der Waals surface area contributed by atoms with Crippen LogP contribution in [0, 0.1) is 10.8 Å². The van der Waals surface area contributed by atoms with Gasteiger partial charge in [-0.25, -0.2) is 0 Å². The lowest BCUT2D eigenvalue weighted by atomic mass is 9.85. The van der Waals surface area contributed by atoms with Crippen molar-refractivity contribution in [3.05, 3.63) is 0 Å².